The van der Waals surface area contributed by atoms with Crippen LogP contribution in [0, 0.1) is 13.8 Å². The fourth-order valence-electron chi connectivity index (χ4n) is 9.75. The van der Waals surface area contributed by atoms with Gasteiger partial charge in [0.05, 0.1) is 0 Å². The highest BCUT2D eigenvalue weighted by molar-refractivity contribution is 6.75. The summed E-state index contributed by atoms with van der Waals surface area (Å²) in [6, 6.07) is 67.8. The second-order valence-electron chi connectivity index (χ2n) is 26.4. The van der Waals surface area contributed by atoms with E-state index in [9.17, 15) is 14.7 Å². The van der Waals surface area contributed by atoms with Crippen molar-refractivity contribution < 1.29 is 46.5 Å². The molecule has 0 radical (unpaired) electrons. The Morgan fingerprint density at radius 3 is 1.01 bits per heavy atom. The normalized spacial score (nSPS) is 11.8. The summed E-state index contributed by atoms with van der Waals surface area (Å²) < 4.78 is 58.1. The molecule has 0 saturated carbocycles. The molecule has 0 saturated heterocycles. The molecular weight excluding hydrogens is 1200 g/mol. The van der Waals surface area contributed by atoms with Crippen molar-refractivity contribution in [2.75, 3.05) is 0 Å². The van der Waals surface area contributed by atoms with Gasteiger partial charge < -0.3 is 46.5 Å². The number of phenolic OH excluding ortho intramolecular Hbond substituents is 1. The van der Waals surface area contributed by atoms with Crippen LogP contribution in [0.25, 0.3) is 44.6 Å². The number of rotatable bonds is 21. The first-order chi connectivity index (χ1) is 44.4. The van der Waals surface area contributed by atoms with E-state index >= 15 is 0 Å². The summed E-state index contributed by atoms with van der Waals surface area (Å²) in [5.74, 6) is 3.38. The Kier molecular flexibility index (Phi) is 20.2. The second-order valence-corrected chi connectivity index (χ2v) is 35.8. The summed E-state index contributed by atoms with van der Waals surface area (Å²) in [6.07, 6.45) is 0. The Morgan fingerprint density at radius 1 is 0.366 bits per heavy atom. The maximum absolute atomic E-state index is 14.7. The zero-order valence-electron chi connectivity index (χ0n) is 55.2. The lowest BCUT2D eigenvalue weighted by Gasteiger charge is -2.36. The van der Waals surface area contributed by atoms with E-state index in [1.807, 2.05) is 214 Å². The van der Waals surface area contributed by atoms with Gasteiger partial charge in [0, 0.05) is 11.1 Å². The molecule has 1 N–H and O–H groups in total. The molecule has 14 heteroatoms. The molecule has 0 unspecified atom stereocenters. The second kappa shape index (κ2) is 28.4. The van der Waals surface area contributed by atoms with Crippen LogP contribution in [0.5, 0.6) is 46.0 Å². The largest absolute Gasteiger partial charge is 0.538 e. The first-order valence-corrected chi connectivity index (χ1v) is 37.2. The molecule has 93 heavy (non-hydrogen) atoms. The van der Waals surface area contributed by atoms with Crippen LogP contribution >= 0.6 is 0 Å². The summed E-state index contributed by atoms with van der Waals surface area (Å²) >= 11 is 0. The Hall–Kier alpha value is -9.77. The first-order valence-electron chi connectivity index (χ1n) is 31.3. The lowest BCUT2D eigenvalue weighted by molar-refractivity contribution is 0.256. The molecule has 0 atom stereocenters. The van der Waals surface area contributed by atoms with Gasteiger partial charge in [-0.05, 0) is 150 Å². The van der Waals surface area contributed by atoms with E-state index < -0.39 is 22.1 Å². The molecule has 0 amide bonds. The molecule has 2 aromatic heterocycles. The van der Waals surface area contributed by atoms with E-state index in [1.54, 1.807) is 12.1 Å². The molecule has 478 valence electrons. The molecule has 0 bridgehead atoms. The van der Waals surface area contributed by atoms with Crippen LogP contribution in [0.3, 0.4) is 0 Å². The zero-order chi connectivity index (χ0) is 66.1. The van der Waals surface area contributed by atoms with E-state index in [0.29, 0.717) is 89.6 Å². The number of aromatic hydroxyl groups is 1. The molecule has 12 nitrogen and oxygen atoms in total. The van der Waals surface area contributed by atoms with E-state index in [2.05, 4.69) is 67.7 Å². The van der Waals surface area contributed by atoms with Gasteiger partial charge in [-0.2, -0.15) is 0 Å². The van der Waals surface area contributed by atoms with Gasteiger partial charge in [0.1, 0.15) is 66.5 Å². The molecular formula is C79H82O12Si2. The van der Waals surface area contributed by atoms with Crippen LogP contribution in [-0.4, -0.2) is 21.7 Å². The van der Waals surface area contributed by atoms with Crippen LogP contribution in [0.15, 0.2) is 231 Å². The minimum Gasteiger partial charge on any atom is -0.538 e. The Morgan fingerprint density at radius 2 is 0.667 bits per heavy atom. The van der Waals surface area contributed by atoms with E-state index in [4.69, 9.17) is 41.4 Å². The summed E-state index contributed by atoms with van der Waals surface area (Å²) in [5, 5.41) is 10.8. The van der Waals surface area contributed by atoms with E-state index in [0.717, 1.165) is 38.9 Å². The summed E-state index contributed by atoms with van der Waals surface area (Å²) in [7, 11) is -5.01. The molecule has 0 aliphatic rings. The SMILES string of the molecule is Cc1cc(O)c2c(=O)c(O[Si](C)(C)C(C)(C)C)c(-c3ccc(OCc4ccccc4)c(OCc4ccccc4)c3)oc2c1.Cc1cc(OCc2ccccc2)c2c(=O)c(O[Si](C)(C)C(C)(C)C)c(-c3ccc(OCc4ccccc4)c(OCc4ccccc4)c3)oc2c1. The maximum atomic E-state index is 14.7. The maximum Gasteiger partial charge on any atom is 0.250 e. The summed E-state index contributed by atoms with van der Waals surface area (Å²) in [6.45, 7) is 26.7. The zero-order valence-corrected chi connectivity index (χ0v) is 57.2. The van der Waals surface area contributed by atoms with Gasteiger partial charge in [-0.1, -0.05) is 193 Å². The van der Waals surface area contributed by atoms with Crippen molar-refractivity contribution in [3.8, 4) is 68.6 Å². The van der Waals surface area contributed by atoms with Crippen LogP contribution < -0.4 is 43.4 Å². The predicted molar refractivity (Wildman–Crippen MR) is 376 cm³/mol. The molecule has 9 aromatic carbocycles. The van der Waals surface area contributed by atoms with E-state index in [-0.39, 0.29) is 49.5 Å². The fraction of sp³-hybridized carbons (Fsp3) is 0.241. The van der Waals surface area contributed by atoms with Crippen molar-refractivity contribution in [1.82, 2.24) is 0 Å². The highest BCUT2D eigenvalue weighted by Crippen LogP contribution is 2.46. The fourth-order valence-corrected chi connectivity index (χ4v) is 11.8. The van der Waals surface area contributed by atoms with Gasteiger partial charge in [-0.15, -0.1) is 0 Å². The number of ether oxygens (including phenoxy) is 5. The van der Waals surface area contributed by atoms with Crippen molar-refractivity contribution in [1.29, 1.82) is 0 Å². The number of benzene rings is 9. The highest BCUT2D eigenvalue weighted by atomic mass is 28.4. The average molecular weight is 1280 g/mol. The molecule has 0 aliphatic carbocycles. The van der Waals surface area contributed by atoms with Gasteiger partial charge in [-0.25, -0.2) is 0 Å². The molecule has 0 fully saturated rings. The highest BCUT2D eigenvalue weighted by Gasteiger charge is 2.42. The van der Waals surface area contributed by atoms with E-state index in [1.165, 1.54) is 0 Å². The minimum absolute atomic E-state index is 0.0882. The van der Waals surface area contributed by atoms with Crippen molar-refractivity contribution in [3.05, 3.63) is 272 Å². The first kappa shape index (κ1) is 66.2. The number of hydrogen-bond acceptors (Lipinski definition) is 12. The predicted octanol–water partition coefficient (Wildman–Crippen LogP) is 19.9. The molecule has 0 aliphatic heterocycles. The lowest BCUT2D eigenvalue weighted by Crippen LogP contribution is -2.45. The van der Waals surface area contributed by atoms with Gasteiger partial charge in [0.15, 0.2) is 46.0 Å². The van der Waals surface area contributed by atoms with Crippen LogP contribution in [0.2, 0.25) is 36.3 Å². The molecule has 11 rings (SSSR count). The number of aryl methyl sites for hydroxylation is 2. The van der Waals surface area contributed by atoms with Gasteiger partial charge in [0.2, 0.25) is 10.9 Å². The average Bonchev–Trinajstić information content (AvgIpc) is 0.807. The van der Waals surface area contributed by atoms with Crippen molar-refractivity contribution >= 4 is 38.6 Å². The number of hydrogen-bond donors (Lipinski definition) is 1. The topological polar surface area (TPSA) is 145 Å². The lowest BCUT2D eigenvalue weighted by atomic mass is 10.1. The minimum atomic E-state index is -2.52. The number of phenols is 1. The van der Waals surface area contributed by atoms with Gasteiger partial charge >= 0.3 is 0 Å². The van der Waals surface area contributed by atoms with Gasteiger partial charge in [-0.3, -0.25) is 9.59 Å². The van der Waals surface area contributed by atoms with Crippen LogP contribution in [-0.2, 0) is 33.0 Å². The quantitative estimate of drug-likeness (QED) is 0.0684. The van der Waals surface area contributed by atoms with Crippen LogP contribution in [0.4, 0.5) is 0 Å². The van der Waals surface area contributed by atoms with Crippen molar-refractivity contribution in [2.45, 2.75) is 125 Å². The monoisotopic (exact) mass is 1280 g/mol. The molecule has 11 aromatic rings. The smallest absolute Gasteiger partial charge is 0.250 e. The number of fused-ring (bicyclic) bond motifs is 2. The third-order valence-electron chi connectivity index (χ3n) is 17.1. The third kappa shape index (κ3) is 16.1. The third-order valence-corrected chi connectivity index (χ3v) is 25.7. The Labute approximate surface area is 547 Å². The summed E-state index contributed by atoms with van der Waals surface area (Å²) in [4.78, 5) is 28.7. The molecule has 2 heterocycles. The Bertz CT molecular complexity index is 4480. The van der Waals surface area contributed by atoms with Crippen molar-refractivity contribution in [2.24, 2.45) is 0 Å². The standard InChI is InChI=1S/C43H44O6Si.C36H38O6Si/c1-30-24-37(47-29-33-20-14-9-15-21-33)39-38(25-30)48-41(42(40(39)44)49-50(5,6)43(2,3)4)34-22-23-35(45-27-31-16-10-7-11-17-31)36(26-34)46-28-32-18-12-8-13-19-32;1-24-19-28(37)32-31(20-24)41-34(35(33(32)38)42-43(5,6)36(2,3)4)27-17-18-29(39-22-25-13-9-7-10-14-25)30(21-27)40-23-26-15-11-8-12-16-26/h7-26H,27-29H2,1-6H3;7-21,37H,22-23H2,1-6H3. The van der Waals surface area contributed by atoms with Gasteiger partial charge in [0.25, 0.3) is 16.6 Å². The Balaban J connectivity index is 0.000000206. The summed E-state index contributed by atoms with van der Waals surface area (Å²) in [5.41, 5.74) is 8.04. The van der Waals surface area contributed by atoms with Crippen molar-refractivity contribution in [3.63, 3.8) is 0 Å². The van der Waals surface area contributed by atoms with Crippen LogP contribution in [0.1, 0.15) is 80.5 Å². The molecule has 0 spiro atoms.